The maximum absolute atomic E-state index is 4.06. The molecule has 52 valence electrons. The van der Waals surface area contributed by atoms with Gasteiger partial charge in [0.25, 0.3) is 0 Å². The first-order chi connectivity index (χ1) is 4.47. The van der Waals surface area contributed by atoms with Gasteiger partial charge in [-0.2, -0.15) is 0 Å². The summed E-state index contributed by atoms with van der Waals surface area (Å²) in [6.45, 7) is 0. The fourth-order valence-corrected chi connectivity index (χ4v) is 0.880. The minimum absolute atomic E-state index is 0. The number of fused-ring (bicyclic) bond motifs is 1. The molecule has 0 fully saturated rings. The lowest BCUT2D eigenvalue weighted by Gasteiger charge is -1.81. The first-order valence-corrected chi connectivity index (χ1v) is 2.85. The average Bonchev–Trinajstić information content (AvgIpc) is 2.33. The van der Waals surface area contributed by atoms with Crippen molar-refractivity contribution in [2.24, 2.45) is 0 Å². The van der Waals surface area contributed by atoms with Crippen LogP contribution in [0.1, 0.15) is 0 Å². The zero-order valence-corrected chi connectivity index (χ0v) is 6.18. The summed E-state index contributed by atoms with van der Waals surface area (Å²) in [6.07, 6.45) is 1.70. The fourth-order valence-electron chi connectivity index (χ4n) is 0.880. The lowest BCUT2D eigenvalue weighted by Crippen LogP contribution is -1.63. The lowest BCUT2D eigenvalue weighted by atomic mass is 10.3. The standard InChI is InChI=1S/C7H6N2.H2S/c1-2-4-7-6(3-1)8-5-9-7;/h1-5H,(H,8,9);1H2/p-1. The number of hydrogen-bond donors (Lipinski definition) is 1. The third-order valence-corrected chi connectivity index (χ3v) is 1.33. The van der Waals surface area contributed by atoms with Gasteiger partial charge in [-0.3, -0.25) is 0 Å². The molecule has 0 saturated carbocycles. The molecule has 0 aliphatic carbocycles. The van der Waals surface area contributed by atoms with E-state index in [1.165, 1.54) is 0 Å². The van der Waals surface area contributed by atoms with Crippen LogP contribution in [0.25, 0.3) is 11.0 Å². The summed E-state index contributed by atoms with van der Waals surface area (Å²) in [5.41, 5.74) is 2.12. The van der Waals surface area contributed by atoms with Crippen LogP contribution < -0.4 is 0 Å². The predicted molar refractivity (Wildman–Crippen MR) is 44.9 cm³/mol. The number of thiol groups is 1. The summed E-state index contributed by atoms with van der Waals surface area (Å²) in [6, 6.07) is 7.94. The molecule has 0 atom stereocenters. The molecule has 0 radical (unpaired) electrons. The third kappa shape index (κ3) is 0.998. The second kappa shape index (κ2) is 2.75. The van der Waals surface area contributed by atoms with Crippen LogP contribution in [0.5, 0.6) is 0 Å². The van der Waals surface area contributed by atoms with E-state index in [0.717, 1.165) is 11.0 Å². The molecular formula is C7H7N2S-. The Bertz CT molecular complexity index is 286. The van der Waals surface area contributed by atoms with Gasteiger partial charge in [0.05, 0.1) is 17.4 Å². The highest BCUT2D eigenvalue weighted by molar-refractivity contribution is 7.37. The average molecular weight is 151 g/mol. The second-order valence-corrected chi connectivity index (χ2v) is 1.92. The number of aromatic nitrogens is 2. The van der Waals surface area contributed by atoms with Crippen LogP contribution in [0.15, 0.2) is 30.6 Å². The SMILES string of the molecule is [SH-].c1ccc2[nH]cnc2c1. The van der Waals surface area contributed by atoms with Crippen molar-refractivity contribution < 1.29 is 0 Å². The van der Waals surface area contributed by atoms with Crippen molar-refractivity contribution in [1.82, 2.24) is 9.97 Å². The van der Waals surface area contributed by atoms with Gasteiger partial charge in [0.2, 0.25) is 0 Å². The molecule has 0 aliphatic rings. The quantitative estimate of drug-likeness (QED) is 0.454. The van der Waals surface area contributed by atoms with Crippen molar-refractivity contribution in [3.63, 3.8) is 0 Å². The summed E-state index contributed by atoms with van der Waals surface area (Å²) >= 11 is 0. The van der Waals surface area contributed by atoms with Crippen LogP contribution in [0, 0.1) is 0 Å². The van der Waals surface area contributed by atoms with Crippen LogP contribution in [-0.4, -0.2) is 9.97 Å². The van der Waals surface area contributed by atoms with Crippen LogP contribution in [0.4, 0.5) is 0 Å². The molecule has 0 aliphatic heterocycles. The molecule has 1 aromatic carbocycles. The zero-order valence-electron chi connectivity index (χ0n) is 5.28. The van der Waals surface area contributed by atoms with Crippen LogP contribution in [-0.2, 0) is 13.5 Å². The number of hydrogen-bond acceptors (Lipinski definition) is 2. The Morgan fingerprint density at radius 1 is 1.20 bits per heavy atom. The molecule has 1 aromatic heterocycles. The number of aromatic amines is 1. The maximum atomic E-state index is 4.06. The summed E-state index contributed by atoms with van der Waals surface area (Å²) in [7, 11) is 0. The molecule has 3 heteroatoms. The highest BCUT2D eigenvalue weighted by atomic mass is 32.1. The monoisotopic (exact) mass is 151 g/mol. The van der Waals surface area contributed by atoms with Gasteiger partial charge in [-0.25, -0.2) is 4.98 Å². The Balaban J connectivity index is 0.000000500. The minimum atomic E-state index is 0. The Hall–Kier alpha value is -0.960. The van der Waals surface area contributed by atoms with Crippen molar-refractivity contribution in [1.29, 1.82) is 0 Å². The largest absolute Gasteiger partial charge is 0.813 e. The number of imidazole rings is 1. The Morgan fingerprint density at radius 3 is 2.80 bits per heavy atom. The highest BCUT2D eigenvalue weighted by Crippen LogP contribution is 2.05. The van der Waals surface area contributed by atoms with Gasteiger partial charge in [0, 0.05) is 0 Å². The molecule has 0 saturated heterocycles. The summed E-state index contributed by atoms with van der Waals surface area (Å²) < 4.78 is 0. The lowest BCUT2D eigenvalue weighted by molar-refractivity contribution is 1.34. The number of para-hydroxylation sites is 2. The van der Waals surface area contributed by atoms with E-state index < -0.39 is 0 Å². The topological polar surface area (TPSA) is 28.7 Å². The third-order valence-electron chi connectivity index (χ3n) is 1.33. The highest BCUT2D eigenvalue weighted by Gasteiger charge is 1.88. The molecule has 1 N–H and O–H groups in total. The molecule has 0 unspecified atom stereocenters. The van der Waals surface area contributed by atoms with Crippen LogP contribution >= 0.6 is 0 Å². The molecular weight excluding hydrogens is 144 g/mol. The predicted octanol–water partition coefficient (Wildman–Crippen LogP) is 1.29. The molecule has 2 nitrogen and oxygen atoms in total. The van der Waals surface area contributed by atoms with E-state index in [-0.39, 0.29) is 13.5 Å². The van der Waals surface area contributed by atoms with Crippen LogP contribution in [0.3, 0.4) is 0 Å². The number of rotatable bonds is 0. The molecule has 2 rings (SSSR count). The summed E-state index contributed by atoms with van der Waals surface area (Å²) in [5.74, 6) is 0. The first-order valence-electron chi connectivity index (χ1n) is 2.85. The molecule has 0 spiro atoms. The number of H-pyrrole nitrogens is 1. The number of nitrogens with zero attached hydrogens (tertiary/aromatic N) is 1. The van der Waals surface area contributed by atoms with Crippen molar-refractivity contribution in [2.75, 3.05) is 0 Å². The molecule has 1 heterocycles. The van der Waals surface area contributed by atoms with Crippen molar-refractivity contribution in [2.45, 2.75) is 0 Å². The number of benzene rings is 1. The van der Waals surface area contributed by atoms with E-state index in [1.807, 2.05) is 24.3 Å². The van der Waals surface area contributed by atoms with E-state index in [9.17, 15) is 0 Å². The van der Waals surface area contributed by atoms with Crippen molar-refractivity contribution in [3.05, 3.63) is 30.6 Å². The molecule has 10 heavy (non-hydrogen) atoms. The fraction of sp³-hybridized carbons (Fsp3) is 0. The van der Waals surface area contributed by atoms with Crippen LogP contribution in [0.2, 0.25) is 0 Å². The van der Waals surface area contributed by atoms with E-state index in [0.29, 0.717) is 0 Å². The van der Waals surface area contributed by atoms with Gasteiger partial charge >= 0.3 is 0 Å². The Labute approximate surface area is 65.7 Å². The summed E-state index contributed by atoms with van der Waals surface area (Å²) in [4.78, 5) is 7.07. The normalized spacial score (nSPS) is 9.20. The smallest absolute Gasteiger partial charge is 0.0931 e. The molecule has 0 amide bonds. The van der Waals surface area contributed by atoms with Crippen molar-refractivity contribution >= 4 is 24.5 Å². The Kier molecular flexibility index (Phi) is 1.97. The minimum Gasteiger partial charge on any atom is -0.813 e. The molecule has 2 aromatic rings. The first kappa shape index (κ1) is 7.15. The van der Waals surface area contributed by atoms with Gasteiger partial charge in [0.15, 0.2) is 0 Å². The zero-order chi connectivity index (χ0) is 6.10. The van der Waals surface area contributed by atoms with Crippen molar-refractivity contribution in [3.8, 4) is 0 Å². The van der Waals surface area contributed by atoms with Gasteiger partial charge in [0.1, 0.15) is 0 Å². The van der Waals surface area contributed by atoms with E-state index in [2.05, 4.69) is 9.97 Å². The maximum Gasteiger partial charge on any atom is 0.0931 e. The summed E-state index contributed by atoms with van der Waals surface area (Å²) in [5, 5.41) is 0. The second-order valence-electron chi connectivity index (χ2n) is 1.92. The van der Waals surface area contributed by atoms with Gasteiger partial charge in [-0.1, -0.05) is 12.1 Å². The van der Waals surface area contributed by atoms with Gasteiger partial charge in [-0.05, 0) is 12.1 Å². The van der Waals surface area contributed by atoms with E-state index in [4.69, 9.17) is 0 Å². The number of nitrogens with one attached hydrogen (secondary N) is 1. The van der Waals surface area contributed by atoms with E-state index >= 15 is 0 Å². The van der Waals surface area contributed by atoms with Gasteiger partial charge < -0.3 is 18.5 Å². The van der Waals surface area contributed by atoms with Gasteiger partial charge in [-0.15, -0.1) is 0 Å². The molecule has 0 bridgehead atoms. The Morgan fingerprint density at radius 2 is 2.00 bits per heavy atom. The van der Waals surface area contributed by atoms with E-state index in [1.54, 1.807) is 6.33 Å².